The Morgan fingerprint density at radius 3 is 2.47 bits per heavy atom. The smallest absolute Gasteiger partial charge is 0.0791 e. The Balaban J connectivity index is 1.73. The molecule has 1 aliphatic heterocycles. The topological polar surface area (TPSA) is 35.5 Å². The first-order chi connectivity index (χ1) is 9.15. The molecule has 1 aromatic rings. The Hall–Kier alpha value is -0.900. The summed E-state index contributed by atoms with van der Waals surface area (Å²) in [6.45, 7) is 7.99. The summed E-state index contributed by atoms with van der Waals surface area (Å²) in [5, 5.41) is 13.5. The fraction of sp³-hybridized carbons (Fsp3) is 0.625. The van der Waals surface area contributed by atoms with E-state index in [1.807, 2.05) is 0 Å². The van der Waals surface area contributed by atoms with Gasteiger partial charge in [-0.25, -0.2) is 0 Å². The summed E-state index contributed by atoms with van der Waals surface area (Å²) < 4.78 is 0. The molecule has 0 amide bonds. The van der Waals surface area contributed by atoms with Crippen molar-refractivity contribution in [1.82, 2.24) is 10.2 Å². The van der Waals surface area contributed by atoms with E-state index in [1.54, 1.807) is 0 Å². The molecule has 0 bridgehead atoms. The molecule has 3 heteroatoms. The Kier molecular flexibility index (Phi) is 5.37. The highest BCUT2D eigenvalue weighted by Crippen LogP contribution is 2.13. The summed E-state index contributed by atoms with van der Waals surface area (Å²) in [4.78, 5) is 2.35. The molecule has 0 spiro atoms. The van der Waals surface area contributed by atoms with Gasteiger partial charge in [0.25, 0.3) is 0 Å². The molecule has 0 aromatic heterocycles. The minimum absolute atomic E-state index is 0.272. The first-order valence-electron chi connectivity index (χ1n) is 7.35. The van der Waals surface area contributed by atoms with Crippen LogP contribution in [0.2, 0.25) is 0 Å². The molecule has 2 N–H and O–H groups in total. The van der Waals surface area contributed by atoms with E-state index in [0.29, 0.717) is 6.54 Å². The van der Waals surface area contributed by atoms with Crippen LogP contribution in [0.5, 0.6) is 0 Å². The highest BCUT2D eigenvalue weighted by molar-refractivity contribution is 5.23. The van der Waals surface area contributed by atoms with E-state index < -0.39 is 0 Å². The maximum absolute atomic E-state index is 10.0. The van der Waals surface area contributed by atoms with E-state index in [0.717, 1.165) is 19.6 Å². The molecule has 1 heterocycles. The van der Waals surface area contributed by atoms with E-state index in [1.165, 1.54) is 24.0 Å². The van der Waals surface area contributed by atoms with Crippen LogP contribution in [0, 0.1) is 6.92 Å². The van der Waals surface area contributed by atoms with Crippen LogP contribution in [-0.4, -0.2) is 42.3 Å². The van der Waals surface area contributed by atoms with Crippen LogP contribution in [0.3, 0.4) is 0 Å². The van der Waals surface area contributed by atoms with Crippen molar-refractivity contribution >= 4 is 0 Å². The minimum atomic E-state index is -0.272. The number of likely N-dealkylation sites (tertiary alicyclic amines) is 1. The first-order valence-corrected chi connectivity index (χ1v) is 7.35. The lowest BCUT2D eigenvalue weighted by Crippen LogP contribution is -2.37. The molecule has 1 saturated heterocycles. The van der Waals surface area contributed by atoms with E-state index in [2.05, 4.69) is 48.3 Å². The summed E-state index contributed by atoms with van der Waals surface area (Å²) >= 11 is 0. The molecular weight excluding hydrogens is 236 g/mol. The fourth-order valence-corrected chi connectivity index (χ4v) is 2.61. The van der Waals surface area contributed by atoms with Crippen molar-refractivity contribution in [2.75, 3.05) is 26.2 Å². The molecule has 2 rings (SSSR count). The van der Waals surface area contributed by atoms with Gasteiger partial charge in [-0.15, -0.1) is 0 Å². The fourth-order valence-electron chi connectivity index (χ4n) is 2.61. The molecule has 1 aliphatic rings. The van der Waals surface area contributed by atoms with E-state index in [4.69, 9.17) is 0 Å². The Morgan fingerprint density at radius 2 is 1.84 bits per heavy atom. The molecule has 1 fully saturated rings. The Bertz CT molecular complexity index is 371. The van der Waals surface area contributed by atoms with Crippen molar-refractivity contribution < 1.29 is 5.11 Å². The standard InChI is InChI=1S/C16H26N2O/c1-13-5-7-15(8-6-13)14(2)17-11-16(19)12-18-9-3-4-10-18/h5-8,14,16-17,19H,3-4,9-12H2,1-2H3/t14-,16?/m1/s1. The van der Waals surface area contributed by atoms with Gasteiger partial charge < -0.3 is 15.3 Å². The molecule has 106 valence electrons. The third kappa shape index (κ3) is 4.60. The van der Waals surface area contributed by atoms with E-state index in [9.17, 15) is 5.11 Å². The van der Waals surface area contributed by atoms with Crippen LogP contribution < -0.4 is 5.32 Å². The van der Waals surface area contributed by atoms with Gasteiger partial charge in [-0.05, 0) is 45.3 Å². The van der Waals surface area contributed by atoms with E-state index >= 15 is 0 Å². The average Bonchev–Trinajstić information content (AvgIpc) is 2.89. The maximum atomic E-state index is 10.0. The van der Waals surface area contributed by atoms with Gasteiger partial charge in [-0.1, -0.05) is 29.8 Å². The number of β-amino-alcohol motifs (C(OH)–C–C–N with tert-alkyl or cyclic N) is 1. The maximum Gasteiger partial charge on any atom is 0.0791 e. The lowest BCUT2D eigenvalue weighted by molar-refractivity contribution is 0.121. The van der Waals surface area contributed by atoms with Gasteiger partial charge in [0.1, 0.15) is 0 Å². The van der Waals surface area contributed by atoms with Crippen LogP contribution in [0.25, 0.3) is 0 Å². The number of nitrogens with one attached hydrogen (secondary N) is 1. The minimum Gasteiger partial charge on any atom is -0.390 e. The Labute approximate surface area is 116 Å². The lowest BCUT2D eigenvalue weighted by atomic mass is 10.1. The number of hydrogen-bond donors (Lipinski definition) is 2. The molecule has 2 atom stereocenters. The summed E-state index contributed by atoms with van der Waals surface area (Å²) in [7, 11) is 0. The van der Waals surface area contributed by atoms with Gasteiger partial charge in [0.05, 0.1) is 6.10 Å². The second-order valence-electron chi connectivity index (χ2n) is 5.70. The molecule has 1 unspecified atom stereocenters. The Morgan fingerprint density at radius 1 is 1.21 bits per heavy atom. The number of benzene rings is 1. The summed E-state index contributed by atoms with van der Waals surface area (Å²) in [5.74, 6) is 0. The number of aryl methyl sites for hydroxylation is 1. The number of aliphatic hydroxyl groups is 1. The zero-order chi connectivity index (χ0) is 13.7. The van der Waals surface area contributed by atoms with Crippen molar-refractivity contribution in [3.63, 3.8) is 0 Å². The SMILES string of the molecule is Cc1ccc([C@@H](C)NCC(O)CN2CCCC2)cc1. The zero-order valence-electron chi connectivity index (χ0n) is 12.1. The van der Waals surface area contributed by atoms with E-state index in [-0.39, 0.29) is 12.1 Å². The second-order valence-corrected chi connectivity index (χ2v) is 5.70. The van der Waals surface area contributed by atoms with Crippen LogP contribution in [0.4, 0.5) is 0 Å². The van der Waals surface area contributed by atoms with Crippen LogP contribution in [0.15, 0.2) is 24.3 Å². The third-order valence-electron chi connectivity index (χ3n) is 3.90. The molecule has 0 aliphatic carbocycles. The van der Waals surface area contributed by atoms with Crippen LogP contribution in [0.1, 0.15) is 36.9 Å². The van der Waals surface area contributed by atoms with Gasteiger partial charge in [0, 0.05) is 19.1 Å². The van der Waals surface area contributed by atoms with Gasteiger partial charge >= 0.3 is 0 Å². The zero-order valence-corrected chi connectivity index (χ0v) is 12.1. The van der Waals surface area contributed by atoms with Crippen molar-refractivity contribution in [3.8, 4) is 0 Å². The normalized spacial score (nSPS) is 19.5. The first kappa shape index (κ1) is 14.5. The van der Waals surface area contributed by atoms with Gasteiger partial charge in [0.2, 0.25) is 0 Å². The summed E-state index contributed by atoms with van der Waals surface area (Å²) in [5.41, 5.74) is 2.56. The highest BCUT2D eigenvalue weighted by atomic mass is 16.3. The number of rotatable bonds is 6. The number of aliphatic hydroxyl groups excluding tert-OH is 1. The average molecular weight is 262 g/mol. The quantitative estimate of drug-likeness (QED) is 0.824. The summed E-state index contributed by atoms with van der Waals surface area (Å²) in [6, 6.07) is 8.86. The van der Waals surface area contributed by atoms with Gasteiger partial charge in [0.15, 0.2) is 0 Å². The molecule has 1 aromatic carbocycles. The number of hydrogen-bond acceptors (Lipinski definition) is 3. The van der Waals surface area contributed by atoms with Crippen molar-refractivity contribution in [3.05, 3.63) is 35.4 Å². The second kappa shape index (κ2) is 7.04. The lowest BCUT2D eigenvalue weighted by Gasteiger charge is -2.22. The highest BCUT2D eigenvalue weighted by Gasteiger charge is 2.16. The monoisotopic (exact) mass is 262 g/mol. The largest absolute Gasteiger partial charge is 0.390 e. The molecule has 3 nitrogen and oxygen atoms in total. The third-order valence-corrected chi connectivity index (χ3v) is 3.90. The van der Waals surface area contributed by atoms with Crippen molar-refractivity contribution in [2.45, 2.75) is 38.8 Å². The van der Waals surface area contributed by atoms with Crippen molar-refractivity contribution in [1.29, 1.82) is 0 Å². The molecular formula is C16H26N2O. The van der Waals surface area contributed by atoms with Crippen LogP contribution >= 0.6 is 0 Å². The predicted octanol–water partition coefficient (Wildman–Crippen LogP) is 2.10. The predicted molar refractivity (Wildman–Crippen MR) is 79.3 cm³/mol. The summed E-state index contributed by atoms with van der Waals surface area (Å²) in [6.07, 6.45) is 2.28. The van der Waals surface area contributed by atoms with Gasteiger partial charge in [-0.3, -0.25) is 0 Å². The van der Waals surface area contributed by atoms with Crippen molar-refractivity contribution in [2.24, 2.45) is 0 Å². The molecule has 0 radical (unpaired) electrons. The molecule has 0 saturated carbocycles. The molecule has 19 heavy (non-hydrogen) atoms. The number of nitrogens with zero attached hydrogens (tertiary/aromatic N) is 1. The van der Waals surface area contributed by atoms with Crippen LogP contribution in [-0.2, 0) is 0 Å². The van der Waals surface area contributed by atoms with Gasteiger partial charge in [-0.2, -0.15) is 0 Å².